The van der Waals surface area contributed by atoms with Gasteiger partial charge < -0.3 is 10.1 Å². The molecular formula is C13H16N2O. The van der Waals surface area contributed by atoms with Crippen molar-refractivity contribution in [3.8, 4) is 6.07 Å². The molecule has 0 aliphatic carbocycles. The van der Waals surface area contributed by atoms with Crippen LogP contribution >= 0.6 is 0 Å². The average molecular weight is 216 g/mol. The SMILES string of the molecule is Cc1cccc(C#N)c1NC1CCOCC1. The molecule has 1 N–H and O–H groups in total. The fourth-order valence-corrected chi connectivity index (χ4v) is 2.00. The molecule has 0 saturated carbocycles. The lowest BCUT2D eigenvalue weighted by Crippen LogP contribution is -2.28. The minimum atomic E-state index is 0.432. The quantitative estimate of drug-likeness (QED) is 0.826. The van der Waals surface area contributed by atoms with Crippen LogP contribution in [0.5, 0.6) is 0 Å². The van der Waals surface area contributed by atoms with E-state index in [4.69, 9.17) is 10.00 Å². The standard InChI is InChI=1S/C13H16N2O/c1-10-3-2-4-11(9-14)13(10)15-12-5-7-16-8-6-12/h2-4,12,15H,5-8H2,1H3. The summed E-state index contributed by atoms with van der Waals surface area (Å²) in [7, 11) is 0. The van der Waals surface area contributed by atoms with Gasteiger partial charge in [0.2, 0.25) is 0 Å². The predicted molar refractivity (Wildman–Crippen MR) is 63.4 cm³/mol. The van der Waals surface area contributed by atoms with E-state index in [1.807, 2.05) is 25.1 Å². The van der Waals surface area contributed by atoms with Gasteiger partial charge in [0.05, 0.1) is 11.3 Å². The van der Waals surface area contributed by atoms with E-state index in [9.17, 15) is 0 Å². The number of hydrogen-bond acceptors (Lipinski definition) is 3. The molecule has 1 aromatic carbocycles. The summed E-state index contributed by atoms with van der Waals surface area (Å²) in [5, 5.41) is 12.5. The molecule has 1 aliphatic rings. The Morgan fingerprint density at radius 1 is 1.38 bits per heavy atom. The van der Waals surface area contributed by atoms with E-state index in [1.54, 1.807) is 0 Å². The Kier molecular flexibility index (Phi) is 3.43. The molecular weight excluding hydrogens is 200 g/mol. The summed E-state index contributed by atoms with van der Waals surface area (Å²) in [5.41, 5.74) is 2.84. The summed E-state index contributed by atoms with van der Waals surface area (Å²) in [4.78, 5) is 0. The molecule has 84 valence electrons. The van der Waals surface area contributed by atoms with Gasteiger partial charge in [0.25, 0.3) is 0 Å². The normalized spacial score (nSPS) is 16.8. The number of ether oxygens (including phenoxy) is 1. The van der Waals surface area contributed by atoms with Crippen LogP contribution in [0.25, 0.3) is 0 Å². The zero-order chi connectivity index (χ0) is 11.4. The fraction of sp³-hybridized carbons (Fsp3) is 0.462. The highest BCUT2D eigenvalue weighted by Crippen LogP contribution is 2.22. The minimum Gasteiger partial charge on any atom is -0.381 e. The van der Waals surface area contributed by atoms with Crippen molar-refractivity contribution in [3.05, 3.63) is 29.3 Å². The monoisotopic (exact) mass is 216 g/mol. The Morgan fingerprint density at radius 3 is 2.81 bits per heavy atom. The van der Waals surface area contributed by atoms with Crippen molar-refractivity contribution < 1.29 is 4.74 Å². The largest absolute Gasteiger partial charge is 0.381 e. The van der Waals surface area contributed by atoms with Crippen LogP contribution in [0.15, 0.2) is 18.2 Å². The maximum atomic E-state index is 9.06. The molecule has 16 heavy (non-hydrogen) atoms. The second kappa shape index (κ2) is 5.00. The van der Waals surface area contributed by atoms with Gasteiger partial charge in [-0.1, -0.05) is 12.1 Å². The van der Waals surface area contributed by atoms with E-state index >= 15 is 0 Å². The molecule has 0 unspecified atom stereocenters. The number of nitriles is 1. The fourth-order valence-electron chi connectivity index (χ4n) is 2.00. The second-order valence-corrected chi connectivity index (χ2v) is 4.14. The average Bonchev–Trinajstić information content (AvgIpc) is 2.33. The molecule has 2 rings (SSSR count). The lowest BCUT2D eigenvalue weighted by Gasteiger charge is -2.25. The highest BCUT2D eigenvalue weighted by molar-refractivity contribution is 5.62. The van der Waals surface area contributed by atoms with Crippen LogP contribution in [0.2, 0.25) is 0 Å². The van der Waals surface area contributed by atoms with Gasteiger partial charge in [-0.3, -0.25) is 0 Å². The van der Waals surface area contributed by atoms with Crippen LogP contribution in [0, 0.1) is 18.3 Å². The van der Waals surface area contributed by atoms with E-state index in [1.165, 1.54) is 0 Å². The first-order valence-electron chi connectivity index (χ1n) is 5.65. The number of aryl methyl sites for hydroxylation is 1. The molecule has 0 aromatic heterocycles. The molecule has 1 aromatic rings. The number of hydrogen-bond donors (Lipinski definition) is 1. The summed E-state index contributed by atoms with van der Waals surface area (Å²) in [6, 6.07) is 8.47. The van der Waals surface area contributed by atoms with Crippen LogP contribution in [0.1, 0.15) is 24.0 Å². The van der Waals surface area contributed by atoms with Gasteiger partial charge >= 0.3 is 0 Å². The van der Waals surface area contributed by atoms with Crippen molar-refractivity contribution in [1.29, 1.82) is 5.26 Å². The van der Waals surface area contributed by atoms with Crippen molar-refractivity contribution in [3.63, 3.8) is 0 Å². The third kappa shape index (κ3) is 2.34. The van der Waals surface area contributed by atoms with Crippen LogP contribution in [-0.4, -0.2) is 19.3 Å². The van der Waals surface area contributed by atoms with Crippen molar-refractivity contribution in [2.75, 3.05) is 18.5 Å². The number of para-hydroxylation sites is 1. The Balaban J connectivity index is 2.16. The van der Waals surface area contributed by atoms with Gasteiger partial charge in [-0.05, 0) is 31.4 Å². The summed E-state index contributed by atoms with van der Waals surface area (Å²) in [6.45, 7) is 3.65. The Hall–Kier alpha value is -1.53. The van der Waals surface area contributed by atoms with Gasteiger partial charge in [-0.2, -0.15) is 5.26 Å². The number of benzene rings is 1. The molecule has 1 aliphatic heterocycles. The maximum Gasteiger partial charge on any atom is 0.101 e. The molecule has 0 radical (unpaired) electrons. The van der Waals surface area contributed by atoms with Crippen LogP contribution < -0.4 is 5.32 Å². The molecule has 0 spiro atoms. The summed E-state index contributed by atoms with van der Waals surface area (Å²) in [6.07, 6.45) is 2.03. The summed E-state index contributed by atoms with van der Waals surface area (Å²) in [5.74, 6) is 0. The predicted octanol–water partition coefficient (Wildman–Crippen LogP) is 2.46. The Bertz CT molecular complexity index is 403. The van der Waals surface area contributed by atoms with E-state index in [0.717, 1.165) is 42.9 Å². The molecule has 0 bridgehead atoms. The van der Waals surface area contributed by atoms with Crippen LogP contribution in [0.4, 0.5) is 5.69 Å². The molecule has 1 heterocycles. The third-order valence-corrected chi connectivity index (χ3v) is 2.96. The molecule has 0 atom stereocenters. The lowest BCUT2D eigenvalue weighted by molar-refractivity contribution is 0.0904. The van der Waals surface area contributed by atoms with E-state index in [2.05, 4.69) is 11.4 Å². The zero-order valence-corrected chi connectivity index (χ0v) is 9.49. The van der Waals surface area contributed by atoms with Gasteiger partial charge in [-0.25, -0.2) is 0 Å². The highest BCUT2D eigenvalue weighted by atomic mass is 16.5. The number of anilines is 1. The van der Waals surface area contributed by atoms with Gasteiger partial charge in [0.15, 0.2) is 0 Å². The van der Waals surface area contributed by atoms with Crippen molar-refractivity contribution >= 4 is 5.69 Å². The lowest BCUT2D eigenvalue weighted by atomic mass is 10.0. The van der Waals surface area contributed by atoms with Crippen molar-refractivity contribution in [2.45, 2.75) is 25.8 Å². The van der Waals surface area contributed by atoms with Crippen LogP contribution in [0.3, 0.4) is 0 Å². The Labute approximate surface area is 96.0 Å². The summed E-state index contributed by atoms with van der Waals surface area (Å²) >= 11 is 0. The van der Waals surface area contributed by atoms with Gasteiger partial charge in [-0.15, -0.1) is 0 Å². The first-order valence-corrected chi connectivity index (χ1v) is 5.65. The number of nitrogens with one attached hydrogen (secondary N) is 1. The third-order valence-electron chi connectivity index (χ3n) is 2.96. The van der Waals surface area contributed by atoms with Gasteiger partial charge in [0.1, 0.15) is 6.07 Å². The topological polar surface area (TPSA) is 45.0 Å². The first kappa shape index (κ1) is 11.0. The molecule has 3 heteroatoms. The molecule has 1 saturated heterocycles. The number of nitrogens with zero attached hydrogens (tertiary/aromatic N) is 1. The van der Waals surface area contributed by atoms with Gasteiger partial charge in [0, 0.05) is 19.3 Å². The highest BCUT2D eigenvalue weighted by Gasteiger charge is 2.15. The summed E-state index contributed by atoms with van der Waals surface area (Å²) < 4.78 is 5.32. The van der Waals surface area contributed by atoms with Crippen molar-refractivity contribution in [2.24, 2.45) is 0 Å². The number of rotatable bonds is 2. The minimum absolute atomic E-state index is 0.432. The van der Waals surface area contributed by atoms with E-state index in [0.29, 0.717) is 6.04 Å². The molecule has 1 fully saturated rings. The Morgan fingerprint density at radius 2 is 2.12 bits per heavy atom. The van der Waals surface area contributed by atoms with E-state index < -0.39 is 0 Å². The maximum absolute atomic E-state index is 9.06. The van der Waals surface area contributed by atoms with Crippen molar-refractivity contribution in [1.82, 2.24) is 0 Å². The second-order valence-electron chi connectivity index (χ2n) is 4.14. The smallest absolute Gasteiger partial charge is 0.101 e. The zero-order valence-electron chi connectivity index (χ0n) is 9.49. The first-order chi connectivity index (χ1) is 7.81. The molecule has 3 nitrogen and oxygen atoms in total. The molecule has 0 amide bonds. The van der Waals surface area contributed by atoms with E-state index in [-0.39, 0.29) is 0 Å². The van der Waals surface area contributed by atoms with Crippen LogP contribution in [-0.2, 0) is 4.74 Å².